The van der Waals surface area contributed by atoms with Gasteiger partial charge in [0.05, 0.1) is 13.2 Å². The molecule has 1 saturated heterocycles. The Morgan fingerprint density at radius 2 is 2.33 bits per heavy atom. The molecule has 2 heterocycles. The van der Waals surface area contributed by atoms with E-state index >= 15 is 0 Å². The first-order valence-electron chi connectivity index (χ1n) is 6.25. The number of rotatable bonds is 4. The number of hydrogen-bond donors (Lipinski definition) is 2. The van der Waals surface area contributed by atoms with Crippen molar-refractivity contribution in [2.24, 2.45) is 0 Å². The van der Waals surface area contributed by atoms with Crippen molar-refractivity contribution in [2.75, 3.05) is 25.1 Å². The van der Waals surface area contributed by atoms with Gasteiger partial charge in [0.1, 0.15) is 0 Å². The Labute approximate surface area is 104 Å². The number of ether oxygens (including phenoxy) is 1. The molecule has 3 rings (SSSR count). The lowest BCUT2D eigenvalue weighted by atomic mass is 10.2. The Morgan fingerprint density at radius 1 is 1.44 bits per heavy atom. The van der Waals surface area contributed by atoms with Crippen LogP contribution in [0.5, 0.6) is 0 Å². The molecule has 1 aliphatic carbocycles. The molecule has 2 fully saturated rings. The van der Waals surface area contributed by atoms with Crippen molar-refractivity contribution in [1.29, 1.82) is 0 Å². The van der Waals surface area contributed by atoms with Gasteiger partial charge in [-0.15, -0.1) is 5.10 Å². The van der Waals surface area contributed by atoms with Crippen molar-refractivity contribution in [2.45, 2.75) is 31.2 Å². The van der Waals surface area contributed by atoms with E-state index in [9.17, 15) is 4.79 Å². The molecule has 1 aromatic heterocycles. The Balaban J connectivity index is 1.49. The molecular formula is C11H16N4O3. The molecule has 1 atom stereocenters. The van der Waals surface area contributed by atoms with Crippen LogP contribution in [0.1, 0.15) is 31.1 Å². The topological polar surface area (TPSA) is 89.3 Å². The molecule has 1 aliphatic heterocycles. The molecule has 0 spiro atoms. The van der Waals surface area contributed by atoms with Gasteiger partial charge in [0.2, 0.25) is 11.8 Å². The highest BCUT2D eigenvalue weighted by molar-refractivity contribution is 5.88. The third-order valence-electron chi connectivity index (χ3n) is 3.04. The van der Waals surface area contributed by atoms with Crippen molar-refractivity contribution in [3.05, 3.63) is 5.89 Å². The lowest BCUT2D eigenvalue weighted by molar-refractivity contribution is -0.117. The summed E-state index contributed by atoms with van der Waals surface area (Å²) in [4.78, 5) is 11.7. The fourth-order valence-corrected chi connectivity index (χ4v) is 1.93. The third-order valence-corrected chi connectivity index (χ3v) is 3.04. The number of nitrogens with zero attached hydrogens (tertiary/aromatic N) is 2. The van der Waals surface area contributed by atoms with Crippen LogP contribution in [-0.2, 0) is 9.53 Å². The zero-order chi connectivity index (χ0) is 12.4. The summed E-state index contributed by atoms with van der Waals surface area (Å²) in [5.74, 6) is 0.894. The van der Waals surface area contributed by atoms with Crippen LogP contribution in [0.4, 0.5) is 6.01 Å². The summed E-state index contributed by atoms with van der Waals surface area (Å²) in [5, 5.41) is 13.6. The Morgan fingerprint density at radius 3 is 3.06 bits per heavy atom. The average Bonchev–Trinajstić information content (AvgIpc) is 3.12. The minimum absolute atomic E-state index is 0.0598. The number of aromatic nitrogens is 2. The summed E-state index contributed by atoms with van der Waals surface area (Å²) < 4.78 is 10.6. The molecule has 1 saturated carbocycles. The lowest BCUT2D eigenvalue weighted by Crippen LogP contribution is -2.43. The van der Waals surface area contributed by atoms with Crippen molar-refractivity contribution in [1.82, 2.24) is 15.5 Å². The monoisotopic (exact) mass is 252 g/mol. The summed E-state index contributed by atoms with van der Waals surface area (Å²) in [7, 11) is 0. The van der Waals surface area contributed by atoms with Gasteiger partial charge in [-0.3, -0.25) is 10.1 Å². The number of carbonyl (C=O) groups is 1. The van der Waals surface area contributed by atoms with Crippen molar-refractivity contribution < 1.29 is 13.9 Å². The van der Waals surface area contributed by atoms with E-state index in [0.717, 1.165) is 19.4 Å². The van der Waals surface area contributed by atoms with Gasteiger partial charge in [0.15, 0.2) is 0 Å². The minimum atomic E-state index is -0.135. The maximum absolute atomic E-state index is 11.7. The van der Waals surface area contributed by atoms with Gasteiger partial charge in [0.25, 0.3) is 0 Å². The minimum Gasteiger partial charge on any atom is -0.408 e. The Bertz CT molecular complexity index is 424. The highest BCUT2D eigenvalue weighted by atomic mass is 16.5. The average molecular weight is 252 g/mol. The summed E-state index contributed by atoms with van der Waals surface area (Å²) >= 11 is 0. The summed E-state index contributed by atoms with van der Waals surface area (Å²) in [6, 6.07) is 0.253. The quantitative estimate of drug-likeness (QED) is 0.799. The molecule has 1 aromatic rings. The fraction of sp³-hybridized carbons (Fsp3) is 0.727. The van der Waals surface area contributed by atoms with Gasteiger partial charge in [-0.2, -0.15) is 0 Å². The number of morpholine rings is 1. The smallest absolute Gasteiger partial charge is 0.322 e. The summed E-state index contributed by atoms with van der Waals surface area (Å²) in [5.41, 5.74) is 0. The first kappa shape index (κ1) is 11.6. The van der Waals surface area contributed by atoms with Crippen molar-refractivity contribution in [3.8, 4) is 0 Å². The molecular weight excluding hydrogens is 236 g/mol. The van der Waals surface area contributed by atoms with Gasteiger partial charge in [-0.25, -0.2) is 0 Å². The molecule has 7 nitrogen and oxygen atoms in total. The highest BCUT2D eigenvalue weighted by Crippen LogP contribution is 2.39. The van der Waals surface area contributed by atoms with Crippen LogP contribution in [0.15, 0.2) is 4.42 Å². The largest absolute Gasteiger partial charge is 0.408 e. The normalized spacial score (nSPS) is 23.9. The van der Waals surface area contributed by atoms with E-state index in [2.05, 4.69) is 20.8 Å². The van der Waals surface area contributed by atoms with Gasteiger partial charge < -0.3 is 14.5 Å². The van der Waals surface area contributed by atoms with Crippen LogP contribution in [0.3, 0.4) is 0 Å². The maximum atomic E-state index is 11.7. The van der Waals surface area contributed by atoms with Crippen LogP contribution in [0.2, 0.25) is 0 Å². The second kappa shape index (κ2) is 5.03. The highest BCUT2D eigenvalue weighted by Gasteiger charge is 2.29. The Kier molecular flexibility index (Phi) is 3.24. The summed E-state index contributed by atoms with van der Waals surface area (Å²) in [6.07, 6.45) is 2.54. The van der Waals surface area contributed by atoms with Crippen LogP contribution in [0.25, 0.3) is 0 Å². The number of hydrogen-bond acceptors (Lipinski definition) is 6. The number of amides is 1. The van der Waals surface area contributed by atoms with Gasteiger partial charge in [-0.1, -0.05) is 5.10 Å². The van der Waals surface area contributed by atoms with Crippen molar-refractivity contribution >= 4 is 11.9 Å². The number of anilines is 1. The number of carbonyl (C=O) groups excluding carboxylic acids is 1. The number of nitrogens with one attached hydrogen (secondary N) is 2. The maximum Gasteiger partial charge on any atom is 0.322 e. The predicted molar refractivity (Wildman–Crippen MR) is 62.1 cm³/mol. The van der Waals surface area contributed by atoms with Crippen molar-refractivity contribution in [3.63, 3.8) is 0 Å². The lowest BCUT2D eigenvalue weighted by Gasteiger charge is -2.22. The van der Waals surface area contributed by atoms with E-state index < -0.39 is 0 Å². The van der Waals surface area contributed by atoms with E-state index in [1.54, 1.807) is 0 Å². The molecule has 1 amide bonds. The van der Waals surface area contributed by atoms with Crippen LogP contribution < -0.4 is 10.6 Å². The second-order valence-corrected chi connectivity index (χ2v) is 4.70. The zero-order valence-electron chi connectivity index (χ0n) is 10.0. The fourth-order valence-electron chi connectivity index (χ4n) is 1.93. The third kappa shape index (κ3) is 2.85. The van der Waals surface area contributed by atoms with Gasteiger partial charge >= 0.3 is 6.01 Å². The molecule has 2 N–H and O–H groups in total. The molecule has 7 heteroatoms. The van der Waals surface area contributed by atoms with Gasteiger partial charge in [0, 0.05) is 24.9 Å². The first-order chi connectivity index (χ1) is 8.81. The molecule has 0 radical (unpaired) electrons. The zero-order valence-corrected chi connectivity index (χ0v) is 10.0. The van der Waals surface area contributed by atoms with Gasteiger partial charge in [-0.05, 0) is 12.8 Å². The SMILES string of the molecule is O=C(CC1COCCN1)Nc1nnc(C2CC2)o1. The Hall–Kier alpha value is -1.47. The van der Waals surface area contributed by atoms with E-state index in [1.807, 2.05) is 0 Å². The van der Waals surface area contributed by atoms with E-state index in [0.29, 0.717) is 31.4 Å². The second-order valence-electron chi connectivity index (χ2n) is 4.70. The standard InChI is InChI=1S/C11H16N4O3/c16-9(5-8-6-17-4-3-12-8)13-11-15-14-10(18-11)7-1-2-7/h7-8,12H,1-6H2,(H,13,15,16). The summed E-state index contributed by atoms with van der Waals surface area (Å²) in [6.45, 7) is 2.04. The van der Waals surface area contributed by atoms with E-state index in [-0.39, 0.29) is 18.0 Å². The molecule has 0 aromatic carbocycles. The molecule has 1 unspecified atom stereocenters. The van der Waals surface area contributed by atoms with E-state index in [1.165, 1.54) is 0 Å². The molecule has 18 heavy (non-hydrogen) atoms. The van der Waals surface area contributed by atoms with Crippen LogP contribution in [-0.4, -0.2) is 41.9 Å². The first-order valence-corrected chi connectivity index (χ1v) is 6.25. The molecule has 2 aliphatic rings. The van der Waals surface area contributed by atoms with Crippen LogP contribution >= 0.6 is 0 Å². The predicted octanol–water partition coefficient (Wildman–Crippen LogP) is 0.264. The van der Waals surface area contributed by atoms with Crippen LogP contribution in [0, 0.1) is 0 Å². The molecule has 0 bridgehead atoms. The molecule has 98 valence electrons. The van der Waals surface area contributed by atoms with E-state index in [4.69, 9.17) is 9.15 Å².